The molecule has 0 aromatic heterocycles. The maximum atomic E-state index is 10.5. The van der Waals surface area contributed by atoms with E-state index in [1.165, 1.54) is 6.07 Å². The molecule has 0 fully saturated rings. The third kappa shape index (κ3) is 1.80. The number of halogens is 1. The Morgan fingerprint density at radius 3 is 2.64 bits per heavy atom. The van der Waals surface area contributed by atoms with Crippen LogP contribution in [0.1, 0.15) is 5.56 Å². The zero-order chi connectivity index (χ0) is 8.43. The zero-order valence-electron chi connectivity index (χ0n) is 5.83. The maximum absolute atomic E-state index is 10.5. The van der Waals surface area contributed by atoms with Crippen molar-refractivity contribution in [1.29, 1.82) is 0 Å². The molecule has 2 nitrogen and oxygen atoms in total. The SMILES string of the molecule is Cc1c(Cl)cccc1S(=O)[O-]. The Kier molecular flexibility index (Phi) is 2.65. The van der Waals surface area contributed by atoms with Crippen molar-refractivity contribution in [3.8, 4) is 0 Å². The van der Waals surface area contributed by atoms with Crippen LogP contribution in [-0.4, -0.2) is 8.76 Å². The van der Waals surface area contributed by atoms with E-state index in [1.54, 1.807) is 19.1 Å². The highest BCUT2D eigenvalue weighted by molar-refractivity contribution is 7.79. The van der Waals surface area contributed by atoms with Crippen LogP contribution in [0.5, 0.6) is 0 Å². The molecule has 11 heavy (non-hydrogen) atoms. The quantitative estimate of drug-likeness (QED) is 0.633. The van der Waals surface area contributed by atoms with E-state index in [1.807, 2.05) is 0 Å². The second kappa shape index (κ2) is 3.34. The minimum Gasteiger partial charge on any atom is -0.768 e. The summed E-state index contributed by atoms with van der Waals surface area (Å²) in [6, 6.07) is 4.79. The van der Waals surface area contributed by atoms with Crippen LogP contribution in [0.25, 0.3) is 0 Å². The van der Waals surface area contributed by atoms with E-state index in [-0.39, 0.29) is 4.90 Å². The van der Waals surface area contributed by atoms with Crippen molar-refractivity contribution in [3.63, 3.8) is 0 Å². The monoisotopic (exact) mass is 189 g/mol. The fraction of sp³-hybridized carbons (Fsp3) is 0.143. The van der Waals surface area contributed by atoms with Gasteiger partial charge in [-0.15, -0.1) is 0 Å². The zero-order valence-corrected chi connectivity index (χ0v) is 7.41. The summed E-state index contributed by atoms with van der Waals surface area (Å²) in [5, 5.41) is 0.478. The van der Waals surface area contributed by atoms with Gasteiger partial charge in [0.25, 0.3) is 0 Å². The molecule has 1 aromatic rings. The number of rotatable bonds is 1. The molecule has 0 spiro atoms. The van der Waals surface area contributed by atoms with Crippen molar-refractivity contribution in [2.24, 2.45) is 0 Å². The van der Waals surface area contributed by atoms with Gasteiger partial charge < -0.3 is 4.55 Å². The van der Waals surface area contributed by atoms with Crippen LogP contribution in [-0.2, 0) is 11.1 Å². The Bertz CT molecular complexity index is 298. The van der Waals surface area contributed by atoms with Crippen molar-refractivity contribution in [3.05, 3.63) is 28.8 Å². The van der Waals surface area contributed by atoms with Crippen LogP contribution in [0.15, 0.2) is 23.1 Å². The van der Waals surface area contributed by atoms with Gasteiger partial charge in [-0.2, -0.15) is 0 Å². The van der Waals surface area contributed by atoms with E-state index in [0.29, 0.717) is 10.6 Å². The molecule has 1 unspecified atom stereocenters. The van der Waals surface area contributed by atoms with Gasteiger partial charge in [-0.05, 0) is 35.7 Å². The highest BCUT2D eigenvalue weighted by Crippen LogP contribution is 2.20. The lowest BCUT2D eigenvalue weighted by molar-refractivity contribution is 0.536. The molecule has 1 rings (SSSR count). The summed E-state index contributed by atoms with van der Waals surface area (Å²) in [4.78, 5) is 0.262. The molecular weight excluding hydrogens is 184 g/mol. The Morgan fingerprint density at radius 2 is 2.18 bits per heavy atom. The molecule has 0 aliphatic heterocycles. The maximum Gasteiger partial charge on any atom is 0.0446 e. The van der Waals surface area contributed by atoms with E-state index in [0.717, 1.165) is 0 Å². The smallest absolute Gasteiger partial charge is 0.0446 e. The first-order valence-corrected chi connectivity index (χ1v) is 4.42. The lowest BCUT2D eigenvalue weighted by Crippen LogP contribution is -1.92. The van der Waals surface area contributed by atoms with E-state index >= 15 is 0 Å². The van der Waals surface area contributed by atoms with Gasteiger partial charge in [-0.25, -0.2) is 0 Å². The summed E-state index contributed by atoms with van der Waals surface area (Å²) in [5.41, 5.74) is 0.600. The van der Waals surface area contributed by atoms with Crippen molar-refractivity contribution in [2.75, 3.05) is 0 Å². The minimum atomic E-state index is -2.19. The largest absolute Gasteiger partial charge is 0.768 e. The molecule has 4 heteroatoms. The fourth-order valence-corrected chi connectivity index (χ4v) is 1.55. The standard InChI is InChI=1S/C7H7ClO2S/c1-5-6(8)3-2-4-7(5)11(9)10/h2-4H,1H3,(H,9,10)/p-1. The van der Waals surface area contributed by atoms with E-state index in [2.05, 4.69) is 0 Å². The highest BCUT2D eigenvalue weighted by atomic mass is 35.5. The van der Waals surface area contributed by atoms with Gasteiger partial charge in [-0.3, -0.25) is 4.21 Å². The molecule has 0 saturated heterocycles. The molecule has 0 heterocycles. The first-order chi connectivity index (χ1) is 5.13. The molecule has 0 saturated carbocycles. The predicted octanol–water partition coefficient (Wildman–Crippen LogP) is 1.89. The van der Waals surface area contributed by atoms with Crippen molar-refractivity contribution in [2.45, 2.75) is 11.8 Å². The topological polar surface area (TPSA) is 40.1 Å². The molecule has 0 N–H and O–H groups in total. The molecule has 60 valence electrons. The molecule has 0 aliphatic carbocycles. The Labute approximate surface area is 72.5 Å². The average Bonchev–Trinajstić information content (AvgIpc) is 1.94. The van der Waals surface area contributed by atoms with Gasteiger partial charge in [0.2, 0.25) is 0 Å². The summed E-state index contributed by atoms with van der Waals surface area (Å²) in [5.74, 6) is 0. The summed E-state index contributed by atoms with van der Waals surface area (Å²) >= 11 is 3.50. The van der Waals surface area contributed by atoms with Gasteiger partial charge in [0.1, 0.15) is 0 Å². The van der Waals surface area contributed by atoms with Crippen LogP contribution in [0, 0.1) is 6.92 Å². The van der Waals surface area contributed by atoms with E-state index in [9.17, 15) is 8.76 Å². The number of benzene rings is 1. The lowest BCUT2D eigenvalue weighted by Gasteiger charge is -2.08. The minimum absolute atomic E-state index is 0.262. The molecule has 1 atom stereocenters. The summed E-state index contributed by atoms with van der Waals surface area (Å²) in [6.07, 6.45) is 0. The third-order valence-corrected chi connectivity index (χ3v) is 2.61. The van der Waals surface area contributed by atoms with Gasteiger partial charge in [-0.1, -0.05) is 17.7 Å². The second-order valence-corrected chi connectivity index (χ2v) is 3.41. The van der Waals surface area contributed by atoms with Crippen LogP contribution in [0.2, 0.25) is 5.02 Å². The number of hydrogen-bond acceptors (Lipinski definition) is 2. The summed E-state index contributed by atoms with van der Waals surface area (Å²) in [6.45, 7) is 1.67. The van der Waals surface area contributed by atoms with Crippen LogP contribution >= 0.6 is 11.6 Å². The average molecular weight is 190 g/mol. The predicted molar refractivity (Wildman–Crippen MR) is 43.4 cm³/mol. The Hall–Kier alpha value is -0.380. The summed E-state index contributed by atoms with van der Waals surface area (Å²) < 4.78 is 21.0. The van der Waals surface area contributed by atoms with E-state index in [4.69, 9.17) is 11.6 Å². The number of hydrogen-bond donors (Lipinski definition) is 0. The third-order valence-electron chi connectivity index (χ3n) is 1.40. The van der Waals surface area contributed by atoms with Crippen LogP contribution in [0.4, 0.5) is 0 Å². The van der Waals surface area contributed by atoms with E-state index < -0.39 is 11.1 Å². The van der Waals surface area contributed by atoms with Crippen molar-refractivity contribution < 1.29 is 8.76 Å². The first-order valence-electron chi connectivity index (χ1n) is 2.97. The fourth-order valence-electron chi connectivity index (χ4n) is 0.768. The Balaban J connectivity index is 3.27. The van der Waals surface area contributed by atoms with Gasteiger partial charge in [0.05, 0.1) is 0 Å². The Morgan fingerprint density at radius 1 is 1.55 bits per heavy atom. The molecule has 1 aromatic carbocycles. The second-order valence-electron chi connectivity index (χ2n) is 2.10. The molecule has 0 amide bonds. The van der Waals surface area contributed by atoms with Crippen molar-refractivity contribution >= 4 is 22.7 Å². The lowest BCUT2D eigenvalue weighted by atomic mass is 10.2. The van der Waals surface area contributed by atoms with Gasteiger partial charge in [0.15, 0.2) is 0 Å². The van der Waals surface area contributed by atoms with Crippen LogP contribution < -0.4 is 0 Å². The highest BCUT2D eigenvalue weighted by Gasteiger charge is 2.00. The van der Waals surface area contributed by atoms with Gasteiger partial charge in [0, 0.05) is 9.92 Å². The normalized spacial score (nSPS) is 13.0. The molecule has 0 aliphatic rings. The summed E-state index contributed by atoms with van der Waals surface area (Å²) in [7, 11) is 0. The molecule has 0 bridgehead atoms. The van der Waals surface area contributed by atoms with Crippen LogP contribution in [0.3, 0.4) is 0 Å². The molecular formula is C7H6ClO2S-. The first kappa shape index (κ1) is 8.71. The van der Waals surface area contributed by atoms with Gasteiger partial charge >= 0.3 is 0 Å². The molecule has 0 radical (unpaired) electrons. The van der Waals surface area contributed by atoms with Crippen molar-refractivity contribution in [1.82, 2.24) is 0 Å².